The van der Waals surface area contributed by atoms with E-state index in [9.17, 15) is 9.90 Å². The number of hydrogen-bond acceptors (Lipinski definition) is 4. The molecule has 0 amide bonds. The zero-order chi connectivity index (χ0) is 23.7. The van der Waals surface area contributed by atoms with E-state index in [1.54, 1.807) is 0 Å². The van der Waals surface area contributed by atoms with E-state index in [0.717, 1.165) is 38.8 Å². The van der Waals surface area contributed by atoms with Gasteiger partial charge in [-0.15, -0.1) is 0 Å². The van der Waals surface area contributed by atoms with Gasteiger partial charge in [0.05, 0.1) is 6.61 Å². The molecule has 192 valence electrons. The number of esters is 1. The quantitative estimate of drug-likeness (QED) is 0.113. The lowest BCUT2D eigenvalue weighted by Gasteiger charge is -2.22. The van der Waals surface area contributed by atoms with Crippen molar-refractivity contribution < 1.29 is 14.6 Å². The van der Waals surface area contributed by atoms with Crippen molar-refractivity contribution in [2.24, 2.45) is 0 Å². The first-order chi connectivity index (χ1) is 15.7. The van der Waals surface area contributed by atoms with Crippen molar-refractivity contribution in [2.45, 2.75) is 149 Å². The van der Waals surface area contributed by atoms with Crippen molar-refractivity contribution in [3.8, 4) is 0 Å². The van der Waals surface area contributed by atoms with Crippen LogP contribution in [-0.2, 0) is 9.53 Å². The number of unbranched alkanes of at least 4 members (excludes halogenated alkanes) is 12. The van der Waals surface area contributed by atoms with Crippen LogP contribution in [0.1, 0.15) is 143 Å². The summed E-state index contributed by atoms with van der Waals surface area (Å²) in [5.41, 5.74) is 0. The van der Waals surface area contributed by atoms with Crippen molar-refractivity contribution in [1.82, 2.24) is 4.90 Å². The SMILES string of the molecule is CCCCCCCCC(CCCCC)OC(=O)CCCN(CCO)CCCCCCCC. The van der Waals surface area contributed by atoms with Gasteiger partial charge in [-0.2, -0.15) is 0 Å². The van der Waals surface area contributed by atoms with Crippen LogP contribution in [0.2, 0.25) is 0 Å². The summed E-state index contributed by atoms with van der Waals surface area (Å²) in [5.74, 6) is -0.0269. The van der Waals surface area contributed by atoms with Gasteiger partial charge in [0.2, 0.25) is 0 Å². The molecular formula is C28H57NO3. The standard InChI is InChI=1S/C28H57NO3/c1-4-7-10-12-14-17-21-27(20-16-9-6-3)32-28(31)22-19-24-29(25-26-30)23-18-15-13-11-8-5-2/h27,30H,4-26H2,1-3H3. The molecule has 32 heavy (non-hydrogen) atoms. The minimum Gasteiger partial charge on any atom is -0.462 e. The zero-order valence-corrected chi connectivity index (χ0v) is 22.1. The average molecular weight is 456 g/mol. The van der Waals surface area contributed by atoms with Crippen molar-refractivity contribution in [3.05, 3.63) is 0 Å². The van der Waals surface area contributed by atoms with Crippen LogP contribution in [-0.4, -0.2) is 48.3 Å². The Labute approximate surface area is 200 Å². The highest BCUT2D eigenvalue weighted by Gasteiger charge is 2.15. The molecule has 0 aliphatic carbocycles. The molecule has 1 N–H and O–H groups in total. The number of rotatable bonds is 25. The van der Waals surface area contributed by atoms with Gasteiger partial charge in [-0.25, -0.2) is 0 Å². The minimum atomic E-state index is -0.0269. The average Bonchev–Trinajstić information content (AvgIpc) is 2.78. The molecule has 0 radical (unpaired) electrons. The number of carbonyl (C=O) groups is 1. The highest BCUT2D eigenvalue weighted by Crippen LogP contribution is 2.17. The second-order valence-electron chi connectivity index (χ2n) is 9.60. The molecule has 4 nitrogen and oxygen atoms in total. The smallest absolute Gasteiger partial charge is 0.306 e. The Kier molecular flexibility index (Phi) is 24.5. The van der Waals surface area contributed by atoms with Crippen molar-refractivity contribution in [2.75, 3.05) is 26.2 Å². The van der Waals surface area contributed by atoms with Crippen LogP contribution in [0.5, 0.6) is 0 Å². The van der Waals surface area contributed by atoms with Gasteiger partial charge < -0.3 is 14.7 Å². The van der Waals surface area contributed by atoms with Gasteiger partial charge in [0.25, 0.3) is 0 Å². The Morgan fingerprint density at radius 2 is 1.12 bits per heavy atom. The van der Waals surface area contributed by atoms with E-state index in [0.29, 0.717) is 13.0 Å². The lowest BCUT2D eigenvalue weighted by Crippen LogP contribution is -2.29. The molecule has 1 unspecified atom stereocenters. The maximum absolute atomic E-state index is 12.5. The molecule has 4 heteroatoms. The monoisotopic (exact) mass is 455 g/mol. The van der Waals surface area contributed by atoms with Crippen LogP contribution in [0, 0.1) is 0 Å². The summed E-state index contributed by atoms with van der Waals surface area (Å²) in [6.45, 7) is 9.52. The van der Waals surface area contributed by atoms with Crippen LogP contribution in [0.25, 0.3) is 0 Å². The summed E-state index contributed by atoms with van der Waals surface area (Å²) in [6.07, 6.45) is 22.5. The molecule has 1 atom stereocenters. The van der Waals surface area contributed by atoms with E-state index in [2.05, 4.69) is 25.7 Å². The molecule has 0 aliphatic heterocycles. The second-order valence-corrected chi connectivity index (χ2v) is 9.60. The van der Waals surface area contributed by atoms with Crippen LogP contribution in [0.15, 0.2) is 0 Å². The van der Waals surface area contributed by atoms with Crippen LogP contribution >= 0.6 is 0 Å². The normalized spacial score (nSPS) is 12.4. The predicted octanol–water partition coefficient (Wildman–Crippen LogP) is 7.66. The largest absolute Gasteiger partial charge is 0.462 e. The lowest BCUT2D eigenvalue weighted by molar-refractivity contribution is -0.150. The molecular weight excluding hydrogens is 398 g/mol. The van der Waals surface area contributed by atoms with E-state index in [-0.39, 0.29) is 18.7 Å². The van der Waals surface area contributed by atoms with E-state index in [4.69, 9.17) is 4.74 Å². The molecule has 0 aromatic heterocycles. The molecule has 0 fully saturated rings. The van der Waals surface area contributed by atoms with Crippen molar-refractivity contribution in [3.63, 3.8) is 0 Å². The number of hydrogen-bond donors (Lipinski definition) is 1. The summed E-state index contributed by atoms with van der Waals surface area (Å²) in [4.78, 5) is 14.8. The molecule has 0 bridgehead atoms. The Bertz CT molecular complexity index is 389. The fourth-order valence-electron chi connectivity index (χ4n) is 4.32. The van der Waals surface area contributed by atoms with Gasteiger partial charge in [-0.05, 0) is 51.6 Å². The Morgan fingerprint density at radius 1 is 0.656 bits per heavy atom. The maximum atomic E-state index is 12.5. The van der Waals surface area contributed by atoms with Crippen LogP contribution in [0.4, 0.5) is 0 Å². The Hall–Kier alpha value is -0.610. The summed E-state index contributed by atoms with van der Waals surface area (Å²) in [7, 11) is 0. The van der Waals surface area contributed by atoms with E-state index >= 15 is 0 Å². The van der Waals surface area contributed by atoms with Gasteiger partial charge in [0.1, 0.15) is 6.10 Å². The minimum absolute atomic E-state index is 0.0269. The number of aliphatic hydroxyl groups excluding tert-OH is 1. The molecule has 0 spiro atoms. The zero-order valence-electron chi connectivity index (χ0n) is 22.1. The van der Waals surface area contributed by atoms with Gasteiger partial charge in [-0.1, -0.05) is 97.8 Å². The lowest BCUT2D eigenvalue weighted by atomic mass is 10.0. The number of carbonyl (C=O) groups excluding carboxylic acids is 1. The molecule has 0 aromatic rings. The second kappa shape index (κ2) is 25.0. The molecule has 0 aromatic carbocycles. The first-order valence-corrected chi connectivity index (χ1v) is 14.2. The Morgan fingerprint density at radius 3 is 1.72 bits per heavy atom. The predicted molar refractivity (Wildman–Crippen MR) is 138 cm³/mol. The van der Waals surface area contributed by atoms with Crippen molar-refractivity contribution >= 4 is 5.97 Å². The number of ether oxygens (including phenoxy) is 1. The molecule has 0 saturated carbocycles. The first-order valence-electron chi connectivity index (χ1n) is 14.2. The van der Waals surface area contributed by atoms with E-state index < -0.39 is 0 Å². The highest BCUT2D eigenvalue weighted by molar-refractivity contribution is 5.69. The third kappa shape index (κ3) is 21.2. The number of nitrogens with zero attached hydrogens (tertiary/aromatic N) is 1. The molecule has 0 aliphatic rings. The third-order valence-electron chi connectivity index (χ3n) is 6.41. The van der Waals surface area contributed by atoms with E-state index in [1.165, 1.54) is 89.9 Å². The van der Waals surface area contributed by atoms with Gasteiger partial charge in [-0.3, -0.25) is 4.79 Å². The summed E-state index contributed by atoms with van der Waals surface area (Å²) < 4.78 is 5.90. The fourth-order valence-corrected chi connectivity index (χ4v) is 4.32. The number of aliphatic hydroxyl groups is 1. The van der Waals surface area contributed by atoms with Gasteiger partial charge >= 0.3 is 5.97 Å². The molecule has 0 heterocycles. The fraction of sp³-hybridized carbons (Fsp3) is 0.964. The van der Waals surface area contributed by atoms with Crippen LogP contribution < -0.4 is 0 Å². The summed E-state index contributed by atoms with van der Waals surface area (Å²) in [5, 5.41) is 9.36. The highest BCUT2D eigenvalue weighted by atomic mass is 16.5. The molecule has 0 rings (SSSR count). The molecule has 0 saturated heterocycles. The Balaban J connectivity index is 4.14. The van der Waals surface area contributed by atoms with Gasteiger partial charge in [0, 0.05) is 13.0 Å². The maximum Gasteiger partial charge on any atom is 0.306 e. The first kappa shape index (κ1) is 31.4. The summed E-state index contributed by atoms with van der Waals surface area (Å²) in [6, 6.07) is 0. The van der Waals surface area contributed by atoms with E-state index in [1.807, 2.05) is 0 Å². The van der Waals surface area contributed by atoms with Crippen molar-refractivity contribution in [1.29, 1.82) is 0 Å². The van der Waals surface area contributed by atoms with Crippen LogP contribution in [0.3, 0.4) is 0 Å². The summed E-state index contributed by atoms with van der Waals surface area (Å²) >= 11 is 0. The topological polar surface area (TPSA) is 49.8 Å². The van der Waals surface area contributed by atoms with Gasteiger partial charge in [0.15, 0.2) is 0 Å². The third-order valence-corrected chi connectivity index (χ3v) is 6.41.